The number of nitrogens with zero attached hydrogens (tertiary/aromatic N) is 1. The Morgan fingerprint density at radius 2 is 2.04 bits per heavy atom. The molecule has 6 nitrogen and oxygen atoms in total. The number of rotatable bonds is 8. The lowest BCUT2D eigenvalue weighted by Crippen LogP contribution is -2.32. The largest absolute Gasteiger partial charge is 0.507 e. The molecule has 7 heteroatoms. The van der Waals surface area contributed by atoms with Gasteiger partial charge < -0.3 is 19.5 Å². The van der Waals surface area contributed by atoms with E-state index < -0.39 is 17.7 Å². The fourth-order valence-corrected chi connectivity index (χ4v) is 4.00. The van der Waals surface area contributed by atoms with Crippen LogP contribution < -0.4 is 4.74 Å². The Kier molecular flexibility index (Phi) is 6.49. The van der Waals surface area contributed by atoms with E-state index in [0.717, 1.165) is 11.3 Å². The molecule has 1 aliphatic rings. The average molecular weight is 401 g/mol. The SMILES string of the molecule is CCCOc1cccc(C(O)=C2C(=O)C(=O)N(CCOC)C2c2cccs2)c1. The molecule has 2 aromatic rings. The van der Waals surface area contributed by atoms with Gasteiger partial charge >= 0.3 is 0 Å². The van der Waals surface area contributed by atoms with Gasteiger partial charge in [0.15, 0.2) is 0 Å². The van der Waals surface area contributed by atoms with E-state index in [0.29, 0.717) is 24.5 Å². The van der Waals surface area contributed by atoms with Crippen LogP contribution in [0.1, 0.15) is 29.8 Å². The van der Waals surface area contributed by atoms with Crippen LogP contribution in [0.4, 0.5) is 0 Å². The lowest BCUT2D eigenvalue weighted by atomic mass is 10.00. The number of benzene rings is 1. The predicted molar refractivity (Wildman–Crippen MR) is 107 cm³/mol. The first kappa shape index (κ1) is 20.1. The van der Waals surface area contributed by atoms with Gasteiger partial charge in [-0.3, -0.25) is 9.59 Å². The summed E-state index contributed by atoms with van der Waals surface area (Å²) >= 11 is 1.44. The number of aliphatic hydroxyl groups excluding tert-OH is 1. The van der Waals surface area contributed by atoms with E-state index in [1.807, 2.05) is 24.4 Å². The summed E-state index contributed by atoms with van der Waals surface area (Å²) in [6.45, 7) is 3.13. The van der Waals surface area contributed by atoms with Crippen LogP contribution in [-0.4, -0.2) is 48.6 Å². The maximum absolute atomic E-state index is 12.8. The number of ketones is 1. The van der Waals surface area contributed by atoms with Crippen LogP contribution >= 0.6 is 11.3 Å². The summed E-state index contributed by atoms with van der Waals surface area (Å²) in [7, 11) is 1.54. The van der Waals surface area contributed by atoms with Crippen LogP contribution in [0.5, 0.6) is 5.75 Å². The summed E-state index contributed by atoms with van der Waals surface area (Å²) < 4.78 is 10.7. The smallest absolute Gasteiger partial charge is 0.295 e. The monoisotopic (exact) mass is 401 g/mol. The lowest BCUT2D eigenvalue weighted by molar-refractivity contribution is -0.140. The van der Waals surface area contributed by atoms with Crippen molar-refractivity contribution >= 4 is 28.8 Å². The fourth-order valence-electron chi connectivity index (χ4n) is 3.15. The normalized spacial score (nSPS) is 18.6. The molecule has 1 saturated heterocycles. The van der Waals surface area contributed by atoms with E-state index in [2.05, 4.69) is 0 Å². The lowest BCUT2D eigenvalue weighted by Gasteiger charge is -2.23. The number of ether oxygens (including phenoxy) is 2. The molecule has 2 heterocycles. The molecule has 1 aromatic heterocycles. The maximum Gasteiger partial charge on any atom is 0.295 e. The van der Waals surface area contributed by atoms with Crippen LogP contribution in [0.25, 0.3) is 5.76 Å². The molecule has 0 saturated carbocycles. The third kappa shape index (κ3) is 3.95. The highest BCUT2D eigenvalue weighted by Crippen LogP contribution is 2.41. The number of carbonyl (C=O) groups is 2. The van der Waals surface area contributed by atoms with Crippen LogP contribution in [0.2, 0.25) is 0 Å². The molecule has 1 aromatic carbocycles. The Morgan fingerprint density at radius 1 is 1.21 bits per heavy atom. The number of aliphatic hydroxyl groups is 1. The van der Waals surface area contributed by atoms with Gasteiger partial charge in [-0.1, -0.05) is 25.1 Å². The highest BCUT2D eigenvalue weighted by Gasteiger charge is 2.46. The second kappa shape index (κ2) is 9.03. The van der Waals surface area contributed by atoms with Crippen molar-refractivity contribution < 1.29 is 24.2 Å². The summed E-state index contributed by atoms with van der Waals surface area (Å²) in [6, 6.07) is 10.0. The first-order chi connectivity index (χ1) is 13.6. The molecule has 148 valence electrons. The third-order valence-electron chi connectivity index (χ3n) is 4.47. The van der Waals surface area contributed by atoms with Gasteiger partial charge in [-0.2, -0.15) is 0 Å². The number of Topliss-reactive ketones (excluding diaryl/α,β-unsaturated/α-hetero) is 1. The van der Waals surface area contributed by atoms with Crippen molar-refractivity contribution in [3.05, 3.63) is 57.8 Å². The number of methoxy groups -OCH3 is 1. The number of hydrogen-bond donors (Lipinski definition) is 1. The molecule has 1 atom stereocenters. The van der Waals surface area contributed by atoms with Gasteiger partial charge in [-0.05, 0) is 30.0 Å². The van der Waals surface area contributed by atoms with Crippen LogP contribution in [0.3, 0.4) is 0 Å². The number of amides is 1. The second-order valence-corrected chi connectivity index (χ2v) is 7.36. The summed E-state index contributed by atoms with van der Waals surface area (Å²) in [5.74, 6) is -0.909. The zero-order chi connectivity index (χ0) is 20.1. The van der Waals surface area contributed by atoms with Gasteiger partial charge in [0.05, 0.1) is 24.8 Å². The Hall–Kier alpha value is -2.64. The standard InChI is InChI=1S/C21H23NO5S/c1-3-10-27-15-7-4-6-14(13-15)19(23)17-18(16-8-5-12-28-16)22(9-11-26-2)21(25)20(17)24/h4-8,12-13,18,23H,3,9-11H2,1-2H3. The van der Waals surface area contributed by atoms with E-state index in [4.69, 9.17) is 9.47 Å². The number of carbonyl (C=O) groups excluding carboxylic acids is 2. The van der Waals surface area contributed by atoms with E-state index in [9.17, 15) is 14.7 Å². The first-order valence-electron chi connectivity index (χ1n) is 9.12. The van der Waals surface area contributed by atoms with E-state index in [-0.39, 0.29) is 17.9 Å². The third-order valence-corrected chi connectivity index (χ3v) is 5.39. The topological polar surface area (TPSA) is 76.1 Å². The highest BCUT2D eigenvalue weighted by molar-refractivity contribution is 7.10. The fraction of sp³-hybridized carbons (Fsp3) is 0.333. The highest BCUT2D eigenvalue weighted by atomic mass is 32.1. The first-order valence-corrected chi connectivity index (χ1v) is 10.0. The zero-order valence-electron chi connectivity index (χ0n) is 15.9. The minimum Gasteiger partial charge on any atom is -0.507 e. The van der Waals surface area contributed by atoms with Crippen molar-refractivity contribution in [1.82, 2.24) is 4.90 Å². The second-order valence-electron chi connectivity index (χ2n) is 6.38. The van der Waals surface area contributed by atoms with Crippen molar-refractivity contribution in [3.63, 3.8) is 0 Å². The molecule has 0 aliphatic carbocycles. The van der Waals surface area contributed by atoms with Gasteiger partial charge in [0.25, 0.3) is 11.7 Å². The summed E-state index contributed by atoms with van der Waals surface area (Å²) in [5, 5.41) is 12.8. The summed E-state index contributed by atoms with van der Waals surface area (Å²) in [6.07, 6.45) is 0.860. The molecule has 0 spiro atoms. The van der Waals surface area contributed by atoms with Crippen molar-refractivity contribution in [2.75, 3.05) is 26.9 Å². The minimum absolute atomic E-state index is 0.0937. The van der Waals surface area contributed by atoms with E-state index in [1.54, 1.807) is 31.4 Å². The minimum atomic E-state index is -0.688. The van der Waals surface area contributed by atoms with E-state index in [1.165, 1.54) is 16.2 Å². The quantitative estimate of drug-likeness (QED) is 0.415. The predicted octanol–water partition coefficient (Wildman–Crippen LogP) is 3.61. The number of likely N-dealkylation sites (tertiary alicyclic amines) is 1. The van der Waals surface area contributed by atoms with Gasteiger partial charge in [0, 0.05) is 24.1 Å². The molecule has 1 fully saturated rings. The Labute approximate surface area is 168 Å². The average Bonchev–Trinajstić information content (AvgIpc) is 3.32. The van der Waals surface area contributed by atoms with Crippen molar-refractivity contribution in [2.24, 2.45) is 0 Å². The van der Waals surface area contributed by atoms with Gasteiger partial charge in [-0.25, -0.2) is 0 Å². The molecule has 1 unspecified atom stereocenters. The molecule has 28 heavy (non-hydrogen) atoms. The molecular formula is C21H23NO5S. The van der Waals surface area contributed by atoms with E-state index >= 15 is 0 Å². The molecule has 1 N–H and O–H groups in total. The maximum atomic E-state index is 12.8. The number of thiophene rings is 1. The molecule has 0 bridgehead atoms. The van der Waals surface area contributed by atoms with Crippen LogP contribution in [0, 0.1) is 0 Å². The Bertz CT molecular complexity index is 875. The van der Waals surface area contributed by atoms with Gasteiger partial charge in [-0.15, -0.1) is 11.3 Å². The summed E-state index contributed by atoms with van der Waals surface area (Å²) in [5.41, 5.74) is 0.538. The Balaban J connectivity index is 2.06. The summed E-state index contributed by atoms with van der Waals surface area (Å²) in [4.78, 5) is 27.7. The van der Waals surface area contributed by atoms with Gasteiger partial charge in [0.2, 0.25) is 0 Å². The number of hydrogen-bond acceptors (Lipinski definition) is 6. The van der Waals surface area contributed by atoms with Crippen molar-refractivity contribution in [2.45, 2.75) is 19.4 Å². The molecule has 3 rings (SSSR count). The Morgan fingerprint density at radius 3 is 2.71 bits per heavy atom. The van der Waals surface area contributed by atoms with Crippen molar-refractivity contribution in [3.8, 4) is 5.75 Å². The molecular weight excluding hydrogens is 378 g/mol. The zero-order valence-corrected chi connectivity index (χ0v) is 16.7. The van der Waals surface area contributed by atoms with Crippen LogP contribution in [0.15, 0.2) is 47.4 Å². The molecule has 1 aliphatic heterocycles. The van der Waals surface area contributed by atoms with Gasteiger partial charge in [0.1, 0.15) is 11.5 Å². The van der Waals surface area contributed by atoms with Crippen LogP contribution in [-0.2, 0) is 14.3 Å². The molecule has 0 radical (unpaired) electrons. The van der Waals surface area contributed by atoms with Crippen molar-refractivity contribution in [1.29, 1.82) is 0 Å². The molecule has 1 amide bonds.